The molecule has 3 rings (SSSR count). The number of thioether (sulfide) groups is 1. The molecule has 5 nitrogen and oxygen atoms in total. The molecule has 1 atom stereocenters. The molecule has 0 saturated carbocycles. The van der Waals surface area contributed by atoms with Crippen molar-refractivity contribution in [3.8, 4) is 11.5 Å². The van der Waals surface area contributed by atoms with Gasteiger partial charge < -0.3 is 14.8 Å². The van der Waals surface area contributed by atoms with E-state index < -0.39 is 0 Å². The monoisotopic (exact) mass is 378 g/mol. The smallest absolute Gasteiger partial charge is 0.255 e. The molecular weight excluding hydrogens is 348 g/mol. The van der Waals surface area contributed by atoms with Gasteiger partial charge in [0.05, 0.1) is 19.8 Å². The van der Waals surface area contributed by atoms with Crippen LogP contribution in [0.4, 0.5) is 0 Å². The van der Waals surface area contributed by atoms with E-state index in [0.717, 1.165) is 19.1 Å². The van der Waals surface area contributed by atoms with Crippen LogP contribution in [0.1, 0.15) is 36.0 Å². The van der Waals surface area contributed by atoms with E-state index in [2.05, 4.69) is 22.0 Å². The number of likely N-dealkylation sites (tertiary alicyclic amines) is 1. The Bertz CT molecular complexity index is 605. The number of amides is 1. The molecule has 0 spiro atoms. The van der Waals surface area contributed by atoms with Gasteiger partial charge in [0.1, 0.15) is 0 Å². The molecule has 0 radical (unpaired) electrons. The van der Waals surface area contributed by atoms with E-state index in [4.69, 9.17) is 9.47 Å². The third-order valence-corrected chi connectivity index (χ3v) is 6.51. The Morgan fingerprint density at radius 1 is 1.23 bits per heavy atom. The summed E-state index contributed by atoms with van der Waals surface area (Å²) in [6.45, 7) is 3.03. The van der Waals surface area contributed by atoms with Crippen molar-refractivity contribution in [2.75, 3.05) is 45.4 Å². The van der Waals surface area contributed by atoms with Crippen LogP contribution in [0.2, 0.25) is 0 Å². The summed E-state index contributed by atoms with van der Waals surface area (Å²) in [5.41, 5.74) is 0.531. The lowest BCUT2D eigenvalue weighted by Crippen LogP contribution is -2.46. The Morgan fingerprint density at radius 3 is 2.77 bits per heavy atom. The Morgan fingerprint density at radius 2 is 2.04 bits per heavy atom. The van der Waals surface area contributed by atoms with Crippen LogP contribution in [0, 0.1) is 5.92 Å². The fraction of sp³-hybridized carbons (Fsp3) is 0.650. The number of methoxy groups -OCH3 is 2. The van der Waals surface area contributed by atoms with Crippen molar-refractivity contribution >= 4 is 17.7 Å². The number of nitrogens with zero attached hydrogens (tertiary/aromatic N) is 1. The summed E-state index contributed by atoms with van der Waals surface area (Å²) >= 11 is 2.08. The zero-order chi connectivity index (χ0) is 18.4. The zero-order valence-corrected chi connectivity index (χ0v) is 16.6. The largest absolute Gasteiger partial charge is 0.493 e. The van der Waals surface area contributed by atoms with Gasteiger partial charge in [-0.05, 0) is 61.8 Å². The van der Waals surface area contributed by atoms with Gasteiger partial charge in [0.15, 0.2) is 11.5 Å². The Labute approximate surface area is 160 Å². The van der Waals surface area contributed by atoms with E-state index in [1.165, 1.54) is 43.7 Å². The fourth-order valence-electron chi connectivity index (χ4n) is 4.04. The number of piperidine rings is 1. The van der Waals surface area contributed by atoms with Gasteiger partial charge in [-0.15, -0.1) is 0 Å². The van der Waals surface area contributed by atoms with Crippen LogP contribution in [0.5, 0.6) is 11.5 Å². The van der Waals surface area contributed by atoms with E-state index in [1.807, 2.05) is 6.07 Å². The summed E-state index contributed by atoms with van der Waals surface area (Å²) in [6, 6.07) is 6.15. The Kier molecular flexibility index (Phi) is 7.08. The van der Waals surface area contributed by atoms with Crippen LogP contribution in [0.25, 0.3) is 0 Å². The highest BCUT2D eigenvalue weighted by Gasteiger charge is 2.27. The molecule has 26 heavy (non-hydrogen) atoms. The summed E-state index contributed by atoms with van der Waals surface area (Å²) in [7, 11) is 3.15. The summed E-state index contributed by atoms with van der Waals surface area (Å²) < 4.78 is 10.7. The molecule has 1 aromatic rings. The zero-order valence-electron chi connectivity index (χ0n) is 15.8. The van der Waals surface area contributed by atoms with Crippen LogP contribution < -0.4 is 14.8 Å². The standard InChI is InChI=1S/C20H30N2O3S/c1-24-18-7-3-6-17(19(18)25-2)20(23)21-13-15-5-4-10-22(14-15)16-8-11-26-12-9-16/h3,6-7,15-16H,4-5,8-14H2,1-2H3,(H,21,23). The minimum atomic E-state index is -0.0908. The highest BCUT2D eigenvalue weighted by atomic mass is 32.2. The maximum atomic E-state index is 12.7. The van der Waals surface area contributed by atoms with Gasteiger partial charge in [0.25, 0.3) is 5.91 Å². The highest BCUT2D eigenvalue weighted by molar-refractivity contribution is 7.99. The maximum Gasteiger partial charge on any atom is 0.255 e. The van der Waals surface area contributed by atoms with Gasteiger partial charge in [0.2, 0.25) is 0 Å². The minimum Gasteiger partial charge on any atom is -0.493 e. The lowest BCUT2D eigenvalue weighted by molar-refractivity contribution is 0.0901. The van der Waals surface area contributed by atoms with Crippen LogP contribution >= 0.6 is 11.8 Å². The molecule has 0 aliphatic carbocycles. The molecule has 144 valence electrons. The normalized spacial score (nSPS) is 22.0. The molecule has 2 fully saturated rings. The number of hydrogen-bond acceptors (Lipinski definition) is 5. The van der Waals surface area contributed by atoms with Gasteiger partial charge >= 0.3 is 0 Å². The SMILES string of the molecule is COc1cccc(C(=O)NCC2CCCN(C3CCSCC3)C2)c1OC. The third-order valence-electron chi connectivity index (χ3n) is 5.46. The molecule has 1 amide bonds. The predicted molar refractivity (Wildman–Crippen MR) is 107 cm³/mol. The number of hydrogen-bond donors (Lipinski definition) is 1. The van der Waals surface area contributed by atoms with Gasteiger partial charge in [-0.25, -0.2) is 0 Å². The number of ether oxygens (including phenoxy) is 2. The van der Waals surface area contributed by atoms with Gasteiger partial charge in [-0.3, -0.25) is 9.69 Å². The first-order chi connectivity index (χ1) is 12.7. The number of carbonyl (C=O) groups excluding carboxylic acids is 1. The molecule has 1 N–H and O–H groups in total. The second-order valence-corrected chi connectivity index (χ2v) is 8.32. The number of carbonyl (C=O) groups is 1. The lowest BCUT2D eigenvalue weighted by Gasteiger charge is -2.40. The summed E-state index contributed by atoms with van der Waals surface area (Å²) in [4.78, 5) is 15.3. The summed E-state index contributed by atoms with van der Waals surface area (Å²) in [6.07, 6.45) is 5.04. The molecule has 1 unspecified atom stereocenters. The van der Waals surface area contributed by atoms with Crippen molar-refractivity contribution in [3.05, 3.63) is 23.8 Å². The fourth-order valence-corrected chi connectivity index (χ4v) is 5.13. The van der Waals surface area contributed by atoms with Gasteiger partial charge in [-0.1, -0.05) is 6.07 Å². The minimum absolute atomic E-state index is 0.0908. The average Bonchev–Trinajstić information content (AvgIpc) is 2.72. The number of para-hydroxylation sites is 1. The summed E-state index contributed by atoms with van der Waals surface area (Å²) in [5, 5.41) is 3.11. The number of nitrogens with one attached hydrogen (secondary N) is 1. The first kappa shape index (κ1) is 19.4. The van der Waals surface area contributed by atoms with Crippen LogP contribution in [0.3, 0.4) is 0 Å². The van der Waals surface area contributed by atoms with Crippen LogP contribution in [-0.4, -0.2) is 62.2 Å². The van der Waals surface area contributed by atoms with Gasteiger partial charge in [-0.2, -0.15) is 11.8 Å². The second-order valence-electron chi connectivity index (χ2n) is 7.10. The number of rotatable bonds is 6. The molecule has 2 aliphatic heterocycles. The molecule has 2 aliphatic rings. The van der Waals surface area contributed by atoms with E-state index in [9.17, 15) is 4.79 Å². The molecule has 2 heterocycles. The van der Waals surface area contributed by atoms with Gasteiger partial charge in [0, 0.05) is 19.1 Å². The van der Waals surface area contributed by atoms with Crippen molar-refractivity contribution in [2.45, 2.75) is 31.7 Å². The Balaban J connectivity index is 1.56. The second kappa shape index (κ2) is 9.51. The van der Waals surface area contributed by atoms with Crippen LogP contribution in [0.15, 0.2) is 18.2 Å². The molecule has 1 aromatic carbocycles. The highest BCUT2D eigenvalue weighted by Crippen LogP contribution is 2.31. The van der Waals surface area contributed by atoms with Crippen molar-refractivity contribution in [3.63, 3.8) is 0 Å². The van der Waals surface area contributed by atoms with E-state index >= 15 is 0 Å². The first-order valence-corrected chi connectivity index (χ1v) is 10.7. The first-order valence-electron chi connectivity index (χ1n) is 9.54. The van der Waals surface area contributed by atoms with Crippen molar-refractivity contribution in [1.29, 1.82) is 0 Å². The molecule has 6 heteroatoms. The van der Waals surface area contributed by atoms with E-state index in [1.54, 1.807) is 26.4 Å². The van der Waals surface area contributed by atoms with Crippen molar-refractivity contribution in [2.24, 2.45) is 5.92 Å². The average molecular weight is 379 g/mol. The quantitative estimate of drug-likeness (QED) is 0.825. The maximum absolute atomic E-state index is 12.7. The topological polar surface area (TPSA) is 50.8 Å². The molecule has 0 bridgehead atoms. The predicted octanol–water partition coefficient (Wildman–Crippen LogP) is 3.04. The van der Waals surface area contributed by atoms with E-state index in [0.29, 0.717) is 23.0 Å². The summed E-state index contributed by atoms with van der Waals surface area (Å²) in [5.74, 6) is 4.10. The van der Waals surface area contributed by atoms with Crippen molar-refractivity contribution in [1.82, 2.24) is 10.2 Å². The van der Waals surface area contributed by atoms with Crippen LogP contribution in [-0.2, 0) is 0 Å². The molecular formula is C20H30N2O3S. The number of benzene rings is 1. The lowest BCUT2D eigenvalue weighted by atomic mass is 9.95. The van der Waals surface area contributed by atoms with Crippen molar-refractivity contribution < 1.29 is 14.3 Å². The van der Waals surface area contributed by atoms with E-state index in [-0.39, 0.29) is 5.91 Å². The third kappa shape index (κ3) is 4.65. The molecule has 0 aromatic heterocycles. The molecule has 2 saturated heterocycles. The Hall–Kier alpha value is -1.40.